The molecule has 0 aliphatic carbocycles. The third-order valence-electron chi connectivity index (χ3n) is 3.03. The molecule has 0 bridgehead atoms. The fourth-order valence-electron chi connectivity index (χ4n) is 1.91. The molecule has 0 heterocycles. The molecular formula is C13H17ClF2O2. The number of rotatable bonds is 4. The Morgan fingerprint density at radius 3 is 2.28 bits per heavy atom. The molecule has 1 rings (SSSR count). The zero-order valence-corrected chi connectivity index (χ0v) is 11.6. The monoisotopic (exact) mass is 278 g/mol. The van der Waals surface area contributed by atoms with Crippen LogP contribution in [0, 0.1) is 12.8 Å². The predicted octanol–water partition coefficient (Wildman–Crippen LogP) is 3.68. The van der Waals surface area contributed by atoms with Gasteiger partial charge in [0, 0.05) is 5.56 Å². The van der Waals surface area contributed by atoms with Crippen LogP contribution in [0.5, 0.6) is 5.75 Å². The van der Waals surface area contributed by atoms with Crippen molar-refractivity contribution < 1.29 is 18.6 Å². The van der Waals surface area contributed by atoms with E-state index < -0.39 is 16.9 Å². The maximum Gasteiger partial charge on any atom is 0.354 e. The lowest BCUT2D eigenvalue weighted by molar-refractivity contribution is -0.160. The van der Waals surface area contributed by atoms with Crippen LogP contribution in [0.15, 0.2) is 18.2 Å². The smallest absolute Gasteiger partial charge is 0.354 e. The Hall–Kier alpha value is -0.870. The van der Waals surface area contributed by atoms with Crippen molar-refractivity contribution in [1.29, 1.82) is 0 Å². The molecule has 1 atom stereocenters. The van der Waals surface area contributed by atoms with Crippen LogP contribution in [0.4, 0.5) is 8.78 Å². The van der Waals surface area contributed by atoms with E-state index in [1.165, 1.54) is 27.0 Å². The number of ether oxygens (including phenoxy) is 1. The minimum Gasteiger partial charge on any atom is -0.496 e. The van der Waals surface area contributed by atoms with Gasteiger partial charge in [0.15, 0.2) is 5.60 Å². The van der Waals surface area contributed by atoms with Crippen LogP contribution >= 0.6 is 11.6 Å². The minimum absolute atomic E-state index is 0.000000000000000222. The fraction of sp³-hybridized carbons (Fsp3) is 0.538. The highest BCUT2D eigenvalue weighted by molar-refractivity contribution is 6.22. The van der Waals surface area contributed by atoms with E-state index >= 15 is 0 Å². The average molecular weight is 279 g/mol. The van der Waals surface area contributed by atoms with E-state index in [-0.39, 0.29) is 11.3 Å². The first-order valence-corrected chi connectivity index (χ1v) is 5.96. The highest BCUT2D eigenvalue weighted by Gasteiger charge is 2.56. The molecule has 18 heavy (non-hydrogen) atoms. The predicted molar refractivity (Wildman–Crippen MR) is 67.3 cm³/mol. The maximum atomic E-state index is 13.6. The van der Waals surface area contributed by atoms with Gasteiger partial charge in [0.05, 0.1) is 7.11 Å². The van der Waals surface area contributed by atoms with Crippen molar-refractivity contribution in [2.45, 2.75) is 31.8 Å². The molecule has 1 unspecified atom stereocenters. The molecule has 102 valence electrons. The second-order valence-electron chi connectivity index (χ2n) is 4.62. The standard InChI is InChI=1S/C13H17ClF2O2/c1-8(2)12(17,13(14,15)16)10-7-9(3)5-6-11(10)18-4/h5-8,17H,1-4H3. The average Bonchev–Trinajstić information content (AvgIpc) is 2.26. The molecular weight excluding hydrogens is 262 g/mol. The summed E-state index contributed by atoms with van der Waals surface area (Å²) < 4.78 is 32.3. The molecule has 5 heteroatoms. The van der Waals surface area contributed by atoms with Gasteiger partial charge < -0.3 is 9.84 Å². The molecule has 0 aliphatic rings. The molecule has 1 aromatic rings. The van der Waals surface area contributed by atoms with Crippen molar-refractivity contribution in [3.63, 3.8) is 0 Å². The Labute approximate surface area is 111 Å². The van der Waals surface area contributed by atoms with Crippen LogP contribution in [0.25, 0.3) is 0 Å². The molecule has 0 amide bonds. The van der Waals surface area contributed by atoms with E-state index in [0.29, 0.717) is 0 Å². The summed E-state index contributed by atoms with van der Waals surface area (Å²) in [5.41, 5.74) is -1.74. The van der Waals surface area contributed by atoms with E-state index in [1.54, 1.807) is 19.1 Å². The lowest BCUT2D eigenvalue weighted by Gasteiger charge is -2.36. The lowest BCUT2D eigenvalue weighted by Crippen LogP contribution is -2.46. The molecule has 1 aromatic carbocycles. The van der Waals surface area contributed by atoms with Crippen LogP contribution in [0.3, 0.4) is 0 Å². The van der Waals surface area contributed by atoms with Gasteiger partial charge in [-0.2, -0.15) is 8.78 Å². The number of methoxy groups -OCH3 is 1. The van der Waals surface area contributed by atoms with Crippen LogP contribution in [0.2, 0.25) is 0 Å². The Morgan fingerprint density at radius 2 is 1.89 bits per heavy atom. The molecule has 0 spiro atoms. The van der Waals surface area contributed by atoms with Crippen molar-refractivity contribution in [3.8, 4) is 5.75 Å². The van der Waals surface area contributed by atoms with Crippen LogP contribution in [-0.4, -0.2) is 17.6 Å². The summed E-state index contributed by atoms with van der Waals surface area (Å²) in [6, 6.07) is 4.73. The molecule has 0 aliphatic heterocycles. The SMILES string of the molecule is COc1ccc(C)cc1C(O)(C(C)C)C(F)(F)Cl. The van der Waals surface area contributed by atoms with Crippen molar-refractivity contribution in [1.82, 2.24) is 0 Å². The summed E-state index contributed by atoms with van der Waals surface area (Å²) in [5, 5.41) is 6.58. The Kier molecular flexibility index (Phi) is 4.23. The topological polar surface area (TPSA) is 29.5 Å². The quantitative estimate of drug-likeness (QED) is 0.852. The molecule has 1 N–H and O–H groups in total. The first-order valence-electron chi connectivity index (χ1n) is 5.58. The zero-order valence-electron chi connectivity index (χ0n) is 10.8. The molecule has 0 radical (unpaired) electrons. The molecule has 0 fully saturated rings. The van der Waals surface area contributed by atoms with Gasteiger partial charge in [-0.15, -0.1) is 0 Å². The lowest BCUT2D eigenvalue weighted by atomic mass is 9.82. The van der Waals surface area contributed by atoms with Gasteiger partial charge in [-0.25, -0.2) is 0 Å². The second kappa shape index (κ2) is 5.02. The van der Waals surface area contributed by atoms with E-state index in [4.69, 9.17) is 16.3 Å². The summed E-state index contributed by atoms with van der Waals surface area (Å²) >= 11 is 5.11. The number of aliphatic hydroxyl groups is 1. The zero-order chi connectivity index (χ0) is 14.1. The third-order valence-corrected chi connectivity index (χ3v) is 3.32. The minimum atomic E-state index is -3.79. The number of aryl methyl sites for hydroxylation is 1. The van der Waals surface area contributed by atoms with Gasteiger partial charge >= 0.3 is 5.38 Å². The van der Waals surface area contributed by atoms with Crippen molar-refractivity contribution >= 4 is 11.6 Å². The number of alkyl halides is 3. The van der Waals surface area contributed by atoms with E-state index in [0.717, 1.165) is 5.56 Å². The number of halogens is 3. The van der Waals surface area contributed by atoms with Gasteiger partial charge in [-0.3, -0.25) is 0 Å². The van der Waals surface area contributed by atoms with Crippen LogP contribution < -0.4 is 4.74 Å². The number of benzene rings is 1. The van der Waals surface area contributed by atoms with Gasteiger partial charge in [0.2, 0.25) is 0 Å². The highest BCUT2D eigenvalue weighted by Crippen LogP contribution is 2.48. The van der Waals surface area contributed by atoms with Crippen LogP contribution in [-0.2, 0) is 5.60 Å². The van der Waals surface area contributed by atoms with Gasteiger partial charge in [0.25, 0.3) is 0 Å². The molecule has 0 saturated carbocycles. The van der Waals surface area contributed by atoms with Gasteiger partial charge in [-0.05, 0) is 36.6 Å². The van der Waals surface area contributed by atoms with Gasteiger partial charge in [0.1, 0.15) is 5.75 Å². The number of hydrogen-bond acceptors (Lipinski definition) is 2. The van der Waals surface area contributed by atoms with Crippen LogP contribution in [0.1, 0.15) is 25.0 Å². The summed E-state index contributed by atoms with van der Waals surface area (Å²) in [5.74, 6) is -0.585. The maximum absolute atomic E-state index is 13.6. The molecule has 2 nitrogen and oxygen atoms in total. The first-order chi connectivity index (χ1) is 8.14. The summed E-state index contributed by atoms with van der Waals surface area (Å²) in [6.07, 6.45) is 0. The van der Waals surface area contributed by atoms with Crippen molar-refractivity contribution in [2.24, 2.45) is 5.92 Å². The molecule has 0 saturated heterocycles. The Bertz CT molecular complexity index is 429. The third kappa shape index (κ3) is 2.45. The van der Waals surface area contributed by atoms with E-state index in [9.17, 15) is 13.9 Å². The molecule has 0 aromatic heterocycles. The van der Waals surface area contributed by atoms with E-state index in [1.807, 2.05) is 0 Å². The summed E-state index contributed by atoms with van der Waals surface area (Å²) in [4.78, 5) is 0. The first kappa shape index (κ1) is 15.2. The Morgan fingerprint density at radius 1 is 1.33 bits per heavy atom. The summed E-state index contributed by atoms with van der Waals surface area (Å²) in [6.45, 7) is 4.71. The van der Waals surface area contributed by atoms with Crippen molar-refractivity contribution in [3.05, 3.63) is 29.3 Å². The fourth-order valence-corrected chi connectivity index (χ4v) is 2.23. The largest absolute Gasteiger partial charge is 0.496 e. The van der Waals surface area contributed by atoms with E-state index in [2.05, 4.69) is 0 Å². The van der Waals surface area contributed by atoms with Crippen molar-refractivity contribution in [2.75, 3.05) is 7.11 Å². The number of hydrogen-bond donors (Lipinski definition) is 1. The highest BCUT2D eigenvalue weighted by atomic mass is 35.5. The van der Waals surface area contributed by atoms with Gasteiger partial charge in [-0.1, -0.05) is 25.5 Å². The summed E-state index contributed by atoms with van der Waals surface area (Å²) in [7, 11) is 1.36. The Balaban J connectivity index is 3.53. The normalized spacial score (nSPS) is 15.6. The second-order valence-corrected chi connectivity index (χ2v) is 5.10.